The van der Waals surface area contributed by atoms with E-state index < -0.39 is 0 Å². The predicted octanol–water partition coefficient (Wildman–Crippen LogP) is 2.10. The zero-order chi connectivity index (χ0) is 10.1. The van der Waals surface area contributed by atoms with Crippen molar-refractivity contribution in [2.75, 3.05) is 6.54 Å². The highest BCUT2D eigenvalue weighted by atomic mass is 15.0. The van der Waals surface area contributed by atoms with E-state index in [1.807, 2.05) is 12.4 Å². The van der Waals surface area contributed by atoms with Crippen LogP contribution >= 0.6 is 0 Å². The highest BCUT2D eigenvalue weighted by Crippen LogP contribution is 2.33. The molecule has 1 aliphatic heterocycles. The largest absolute Gasteiger partial charge is 0.313 e. The molecule has 1 N–H and O–H groups in total. The van der Waals surface area contributed by atoms with Gasteiger partial charge < -0.3 is 5.32 Å². The van der Waals surface area contributed by atoms with E-state index in [4.69, 9.17) is 0 Å². The summed E-state index contributed by atoms with van der Waals surface area (Å²) in [4.78, 5) is 4.23. The lowest BCUT2D eigenvalue weighted by atomic mass is 9.85. The van der Waals surface area contributed by atoms with Gasteiger partial charge in [-0.3, -0.25) is 4.98 Å². The summed E-state index contributed by atoms with van der Waals surface area (Å²) in [5.41, 5.74) is 2.78. The molecule has 0 aliphatic carbocycles. The van der Waals surface area contributed by atoms with Crippen LogP contribution in [0, 0.1) is 12.8 Å². The van der Waals surface area contributed by atoms with E-state index in [0.717, 1.165) is 6.54 Å². The van der Waals surface area contributed by atoms with Crippen molar-refractivity contribution in [2.24, 2.45) is 5.92 Å². The fourth-order valence-electron chi connectivity index (χ4n) is 2.52. The molecule has 1 saturated heterocycles. The predicted molar refractivity (Wildman–Crippen MR) is 58.3 cm³/mol. The summed E-state index contributed by atoms with van der Waals surface area (Å²) >= 11 is 0. The van der Waals surface area contributed by atoms with E-state index >= 15 is 0 Å². The van der Waals surface area contributed by atoms with E-state index in [9.17, 15) is 0 Å². The van der Waals surface area contributed by atoms with E-state index in [2.05, 4.69) is 37.1 Å². The van der Waals surface area contributed by atoms with Crippen LogP contribution in [-0.2, 0) is 0 Å². The molecule has 0 bridgehead atoms. The Kier molecular flexibility index (Phi) is 2.55. The second-order valence-electron chi connectivity index (χ2n) is 4.43. The fraction of sp³-hybridized carbons (Fsp3) is 0.583. The molecule has 1 aromatic heterocycles. The summed E-state index contributed by atoms with van der Waals surface area (Å²) in [5, 5.41) is 3.52. The van der Waals surface area contributed by atoms with Gasteiger partial charge in [-0.1, -0.05) is 6.92 Å². The molecule has 2 heterocycles. The minimum Gasteiger partial charge on any atom is -0.313 e. The third-order valence-electron chi connectivity index (χ3n) is 3.35. The molecule has 2 rings (SSSR count). The van der Waals surface area contributed by atoms with Gasteiger partial charge in [0.25, 0.3) is 0 Å². The highest BCUT2D eigenvalue weighted by molar-refractivity contribution is 5.28. The minimum absolute atomic E-state index is 0.577. The average molecular weight is 190 g/mol. The van der Waals surface area contributed by atoms with Crippen molar-refractivity contribution >= 4 is 0 Å². The molecule has 0 saturated carbocycles. The zero-order valence-electron chi connectivity index (χ0n) is 9.12. The maximum Gasteiger partial charge on any atom is 0.0306 e. The van der Waals surface area contributed by atoms with Gasteiger partial charge in [0, 0.05) is 24.4 Å². The number of hydrogen-bond donors (Lipinski definition) is 1. The lowest BCUT2D eigenvalue weighted by Gasteiger charge is -2.20. The van der Waals surface area contributed by atoms with E-state index in [1.165, 1.54) is 11.1 Å². The molecule has 0 spiro atoms. The van der Waals surface area contributed by atoms with Gasteiger partial charge in [0.15, 0.2) is 0 Å². The Labute approximate surface area is 85.7 Å². The van der Waals surface area contributed by atoms with Crippen molar-refractivity contribution in [1.29, 1.82) is 0 Å². The van der Waals surface area contributed by atoms with Gasteiger partial charge in [-0.15, -0.1) is 0 Å². The topological polar surface area (TPSA) is 24.9 Å². The molecule has 1 aromatic rings. The summed E-state index contributed by atoms with van der Waals surface area (Å²) in [6, 6.07) is 2.68. The van der Waals surface area contributed by atoms with Crippen molar-refractivity contribution in [3.05, 3.63) is 29.6 Å². The highest BCUT2D eigenvalue weighted by Gasteiger charge is 2.31. The average Bonchev–Trinajstić information content (AvgIpc) is 2.48. The maximum atomic E-state index is 4.23. The maximum absolute atomic E-state index is 4.23. The standard InChI is InChI=1S/C12H18N2/c1-8-4-5-13-7-11(8)12-9(2)6-14-10(12)3/h4-5,7,9-10,12,14H,6H2,1-3H3. The van der Waals surface area contributed by atoms with Crippen LogP contribution in [0.3, 0.4) is 0 Å². The molecule has 0 radical (unpaired) electrons. The molecule has 1 aliphatic rings. The monoisotopic (exact) mass is 190 g/mol. The van der Waals surface area contributed by atoms with Crippen LogP contribution in [0.2, 0.25) is 0 Å². The SMILES string of the molecule is Cc1ccncc1C1C(C)CNC1C. The normalized spacial score (nSPS) is 32.1. The summed E-state index contributed by atoms with van der Waals surface area (Å²) in [6.45, 7) is 7.88. The Morgan fingerprint density at radius 2 is 2.21 bits per heavy atom. The van der Waals surface area contributed by atoms with Crippen LogP contribution in [0.5, 0.6) is 0 Å². The van der Waals surface area contributed by atoms with E-state index in [1.54, 1.807) is 0 Å². The third-order valence-corrected chi connectivity index (χ3v) is 3.35. The van der Waals surface area contributed by atoms with Gasteiger partial charge in [0.1, 0.15) is 0 Å². The molecule has 1 fully saturated rings. The van der Waals surface area contributed by atoms with Gasteiger partial charge in [0.2, 0.25) is 0 Å². The van der Waals surface area contributed by atoms with Crippen molar-refractivity contribution < 1.29 is 0 Å². The van der Waals surface area contributed by atoms with Crippen LogP contribution in [-0.4, -0.2) is 17.6 Å². The lowest BCUT2D eigenvalue weighted by Crippen LogP contribution is -2.22. The van der Waals surface area contributed by atoms with Crippen LogP contribution in [0.1, 0.15) is 30.9 Å². The molecular formula is C12H18N2. The van der Waals surface area contributed by atoms with Crippen molar-refractivity contribution in [1.82, 2.24) is 10.3 Å². The first kappa shape index (κ1) is 9.66. The Morgan fingerprint density at radius 1 is 1.43 bits per heavy atom. The first-order valence-corrected chi connectivity index (χ1v) is 5.34. The Morgan fingerprint density at radius 3 is 2.79 bits per heavy atom. The van der Waals surface area contributed by atoms with Gasteiger partial charge in [-0.2, -0.15) is 0 Å². The molecule has 3 atom stereocenters. The summed E-state index contributed by atoms with van der Waals surface area (Å²) < 4.78 is 0. The molecule has 0 amide bonds. The molecule has 76 valence electrons. The first-order chi connectivity index (χ1) is 6.70. The molecule has 2 nitrogen and oxygen atoms in total. The van der Waals surface area contributed by atoms with Crippen molar-refractivity contribution in [3.8, 4) is 0 Å². The van der Waals surface area contributed by atoms with Gasteiger partial charge in [-0.25, -0.2) is 0 Å². The number of aromatic nitrogens is 1. The molecule has 0 aromatic carbocycles. The number of rotatable bonds is 1. The zero-order valence-corrected chi connectivity index (χ0v) is 9.12. The molecule has 14 heavy (non-hydrogen) atoms. The molecular weight excluding hydrogens is 172 g/mol. The van der Waals surface area contributed by atoms with Gasteiger partial charge in [-0.05, 0) is 43.5 Å². The minimum atomic E-state index is 0.577. The van der Waals surface area contributed by atoms with E-state index in [0.29, 0.717) is 17.9 Å². The summed E-state index contributed by atoms with van der Waals surface area (Å²) in [7, 11) is 0. The molecule has 3 unspecified atom stereocenters. The first-order valence-electron chi connectivity index (χ1n) is 5.34. The second-order valence-corrected chi connectivity index (χ2v) is 4.43. The Hall–Kier alpha value is -0.890. The smallest absolute Gasteiger partial charge is 0.0306 e. The summed E-state index contributed by atoms with van der Waals surface area (Å²) in [6.07, 6.45) is 3.90. The number of hydrogen-bond acceptors (Lipinski definition) is 2. The number of aryl methyl sites for hydroxylation is 1. The second kappa shape index (κ2) is 3.70. The van der Waals surface area contributed by atoms with Crippen molar-refractivity contribution in [2.45, 2.75) is 32.7 Å². The quantitative estimate of drug-likeness (QED) is 0.733. The Balaban J connectivity index is 2.34. The van der Waals surface area contributed by atoms with Gasteiger partial charge >= 0.3 is 0 Å². The fourth-order valence-corrected chi connectivity index (χ4v) is 2.52. The number of nitrogens with one attached hydrogen (secondary N) is 1. The summed E-state index contributed by atoms with van der Waals surface area (Å²) in [5.74, 6) is 1.34. The molecule has 2 heteroatoms. The van der Waals surface area contributed by atoms with Crippen LogP contribution in [0.25, 0.3) is 0 Å². The van der Waals surface area contributed by atoms with Crippen LogP contribution < -0.4 is 5.32 Å². The van der Waals surface area contributed by atoms with Crippen molar-refractivity contribution in [3.63, 3.8) is 0 Å². The number of pyridine rings is 1. The third kappa shape index (κ3) is 1.55. The Bertz CT molecular complexity index is 312. The van der Waals surface area contributed by atoms with Gasteiger partial charge in [0.05, 0.1) is 0 Å². The lowest BCUT2D eigenvalue weighted by molar-refractivity contribution is 0.516. The van der Waals surface area contributed by atoms with E-state index in [-0.39, 0.29) is 0 Å². The number of nitrogens with zero attached hydrogens (tertiary/aromatic N) is 1. The van der Waals surface area contributed by atoms with Crippen LogP contribution in [0.15, 0.2) is 18.5 Å². The van der Waals surface area contributed by atoms with Crippen LogP contribution in [0.4, 0.5) is 0 Å².